The van der Waals surface area contributed by atoms with Gasteiger partial charge in [0.05, 0.1) is 12.1 Å². The predicted octanol–water partition coefficient (Wildman–Crippen LogP) is 2.90. The first-order chi connectivity index (χ1) is 16.0. The lowest BCUT2D eigenvalue weighted by atomic mass is 9.86. The molecule has 2 aromatic rings. The van der Waals surface area contributed by atoms with Gasteiger partial charge in [-0.1, -0.05) is 48.5 Å². The highest BCUT2D eigenvalue weighted by Gasteiger charge is 2.47. The lowest BCUT2D eigenvalue weighted by molar-refractivity contribution is -0.125. The molecule has 2 unspecified atom stereocenters. The quantitative estimate of drug-likeness (QED) is 0.576. The van der Waals surface area contributed by atoms with E-state index in [4.69, 9.17) is 4.74 Å². The lowest BCUT2D eigenvalue weighted by Gasteiger charge is -2.29. The summed E-state index contributed by atoms with van der Waals surface area (Å²) >= 11 is 0. The molecule has 6 nitrogen and oxygen atoms in total. The Kier molecular flexibility index (Phi) is 7.58. The van der Waals surface area contributed by atoms with Crippen molar-refractivity contribution in [1.29, 1.82) is 0 Å². The Morgan fingerprint density at radius 3 is 2.52 bits per heavy atom. The summed E-state index contributed by atoms with van der Waals surface area (Å²) in [6.07, 6.45) is 0.739. The zero-order valence-electron chi connectivity index (χ0n) is 19.8. The van der Waals surface area contributed by atoms with Crippen LogP contribution in [0.25, 0.3) is 0 Å². The first-order valence-corrected chi connectivity index (χ1v) is 11.9. The number of nitrogens with zero attached hydrogens (tertiary/aromatic N) is 1. The Morgan fingerprint density at radius 1 is 1.09 bits per heavy atom. The van der Waals surface area contributed by atoms with Gasteiger partial charge in [-0.25, -0.2) is 0 Å². The molecule has 0 aliphatic carbocycles. The van der Waals surface area contributed by atoms with Gasteiger partial charge in [0.2, 0.25) is 5.91 Å². The molecule has 6 heteroatoms. The van der Waals surface area contributed by atoms with Gasteiger partial charge >= 0.3 is 0 Å². The SMILES string of the molecule is COCC(=O)NC(CCN1CC2CNC[C@H]2[C@H]1C(=O)c1c(C)cccc1C)c1ccccc1. The minimum absolute atomic E-state index is 0.0382. The molecule has 0 bridgehead atoms. The summed E-state index contributed by atoms with van der Waals surface area (Å²) in [5, 5.41) is 6.61. The van der Waals surface area contributed by atoms with E-state index in [1.54, 1.807) is 0 Å². The molecule has 2 saturated heterocycles. The summed E-state index contributed by atoms with van der Waals surface area (Å²) in [6, 6.07) is 15.9. The number of ketones is 1. The van der Waals surface area contributed by atoms with Crippen LogP contribution in [-0.4, -0.2) is 62.5 Å². The number of hydrogen-bond acceptors (Lipinski definition) is 5. The molecule has 4 rings (SSSR count). The number of likely N-dealkylation sites (tertiary alicyclic amines) is 1. The third-order valence-corrected chi connectivity index (χ3v) is 7.17. The number of carbonyl (C=O) groups excluding carboxylic acids is 2. The molecule has 2 fully saturated rings. The van der Waals surface area contributed by atoms with Crippen LogP contribution in [0.2, 0.25) is 0 Å². The van der Waals surface area contributed by atoms with Crippen LogP contribution >= 0.6 is 0 Å². The maximum Gasteiger partial charge on any atom is 0.246 e. The van der Waals surface area contributed by atoms with Gasteiger partial charge in [-0.3, -0.25) is 14.5 Å². The van der Waals surface area contributed by atoms with Crippen molar-refractivity contribution in [3.05, 3.63) is 70.8 Å². The minimum Gasteiger partial charge on any atom is -0.375 e. The molecule has 176 valence electrons. The standard InChI is InChI=1S/C27H35N3O3/c1-18-8-7-9-19(2)25(18)27(32)26-22-15-28-14-21(22)16-30(26)13-12-23(29-24(31)17-33-3)20-10-5-4-6-11-20/h4-11,21-23,26,28H,12-17H2,1-3H3,(H,29,31)/t21?,22-,23?,26+/m1/s1. The van der Waals surface area contributed by atoms with E-state index in [0.717, 1.165) is 54.9 Å². The summed E-state index contributed by atoms with van der Waals surface area (Å²) < 4.78 is 5.01. The molecule has 0 aromatic heterocycles. The molecule has 1 amide bonds. The van der Waals surface area contributed by atoms with Crippen LogP contribution in [0.15, 0.2) is 48.5 Å². The second-order valence-electron chi connectivity index (χ2n) is 9.41. The number of amides is 1. The van der Waals surface area contributed by atoms with Crippen molar-refractivity contribution in [2.45, 2.75) is 32.4 Å². The van der Waals surface area contributed by atoms with E-state index in [1.165, 1.54) is 7.11 Å². The Morgan fingerprint density at radius 2 is 1.82 bits per heavy atom. The number of Topliss-reactive ketones (excluding diaryl/α,β-unsaturated/α-hetero) is 1. The second-order valence-corrected chi connectivity index (χ2v) is 9.41. The first-order valence-electron chi connectivity index (χ1n) is 11.9. The fraction of sp³-hybridized carbons (Fsp3) is 0.481. The Bertz CT molecular complexity index is 958. The summed E-state index contributed by atoms with van der Waals surface area (Å²) in [4.78, 5) is 28.5. The van der Waals surface area contributed by atoms with Crippen molar-refractivity contribution in [3.8, 4) is 0 Å². The maximum atomic E-state index is 13.9. The third-order valence-electron chi connectivity index (χ3n) is 7.17. The van der Waals surface area contributed by atoms with Gasteiger partial charge < -0.3 is 15.4 Å². The number of nitrogens with one attached hydrogen (secondary N) is 2. The van der Waals surface area contributed by atoms with Gasteiger partial charge in [0.15, 0.2) is 5.78 Å². The number of benzene rings is 2. The van der Waals surface area contributed by atoms with Crippen molar-refractivity contribution in [1.82, 2.24) is 15.5 Å². The summed E-state index contributed by atoms with van der Waals surface area (Å²) in [5.41, 5.74) is 4.03. The average Bonchev–Trinajstić information content (AvgIpc) is 3.38. The smallest absolute Gasteiger partial charge is 0.246 e. The molecule has 2 aromatic carbocycles. The summed E-state index contributed by atoms with van der Waals surface area (Å²) in [6.45, 7) is 7.60. The average molecular weight is 450 g/mol. The van der Waals surface area contributed by atoms with Crippen LogP contribution in [0.5, 0.6) is 0 Å². The van der Waals surface area contributed by atoms with E-state index in [9.17, 15) is 9.59 Å². The molecule has 2 N–H and O–H groups in total. The van der Waals surface area contributed by atoms with Crippen molar-refractivity contribution in [2.75, 3.05) is 39.9 Å². The number of hydrogen-bond donors (Lipinski definition) is 2. The van der Waals surface area contributed by atoms with Crippen LogP contribution in [0.1, 0.15) is 39.5 Å². The van der Waals surface area contributed by atoms with Gasteiger partial charge in [-0.05, 0) is 55.3 Å². The molecule has 2 heterocycles. The fourth-order valence-electron chi connectivity index (χ4n) is 5.62. The zero-order valence-corrected chi connectivity index (χ0v) is 19.8. The minimum atomic E-state index is -0.129. The molecule has 2 aliphatic rings. The van der Waals surface area contributed by atoms with Gasteiger partial charge in [0, 0.05) is 32.3 Å². The number of ether oxygens (including phenoxy) is 1. The fourth-order valence-corrected chi connectivity index (χ4v) is 5.62. The molecule has 2 aliphatic heterocycles. The first kappa shape index (κ1) is 23.6. The summed E-state index contributed by atoms with van der Waals surface area (Å²) in [5.74, 6) is 0.926. The van der Waals surface area contributed by atoms with E-state index >= 15 is 0 Å². The molecular formula is C27H35N3O3. The molecule has 33 heavy (non-hydrogen) atoms. The Balaban J connectivity index is 1.54. The highest BCUT2D eigenvalue weighted by Crippen LogP contribution is 2.36. The van der Waals surface area contributed by atoms with Crippen molar-refractivity contribution in [3.63, 3.8) is 0 Å². The van der Waals surface area contributed by atoms with Crippen LogP contribution in [0, 0.1) is 25.7 Å². The maximum absolute atomic E-state index is 13.9. The third kappa shape index (κ3) is 5.18. The van der Waals surface area contributed by atoms with Crippen molar-refractivity contribution < 1.29 is 14.3 Å². The normalized spacial score (nSPS) is 23.3. The molecule has 4 atom stereocenters. The number of rotatable bonds is 9. The number of fused-ring (bicyclic) bond motifs is 1. The molecule has 0 spiro atoms. The van der Waals surface area contributed by atoms with Crippen molar-refractivity contribution in [2.24, 2.45) is 11.8 Å². The van der Waals surface area contributed by atoms with E-state index in [1.807, 2.05) is 62.4 Å². The summed E-state index contributed by atoms with van der Waals surface area (Å²) in [7, 11) is 1.53. The van der Waals surface area contributed by atoms with Gasteiger partial charge in [0.25, 0.3) is 0 Å². The Hall–Kier alpha value is -2.54. The topological polar surface area (TPSA) is 70.7 Å². The molecular weight excluding hydrogens is 414 g/mol. The largest absolute Gasteiger partial charge is 0.375 e. The number of aryl methyl sites for hydroxylation is 2. The highest BCUT2D eigenvalue weighted by atomic mass is 16.5. The predicted molar refractivity (Wildman–Crippen MR) is 129 cm³/mol. The van der Waals surface area contributed by atoms with E-state index in [2.05, 4.69) is 15.5 Å². The zero-order chi connectivity index (χ0) is 23.4. The van der Waals surface area contributed by atoms with Crippen LogP contribution in [0.4, 0.5) is 0 Å². The monoisotopic (exact) mass is 449 g/mol. The van der Waals surface area contributed by atoms with Crippen LogP contribution in [-0.2, 0) is 9.53 Å². The van der Waals surface area contributed by atoms with Gasteiger partial charge in [-0.2, -0.15) is 0 Å². The molecule has 0 saturated carbocycles. The van der Waals surface area contributed by atoms with E-state index < -0.39 is 0 Å². The molecule has 0 radical (unpaired) electrons. The van der Waals surface area contributed by atoms with Crippen LogP contribution in [0.3, 0.4) is 0 Å². The van der Waals surface area contributed by atoms with E-state index in [-0.39, 0.29) is 30.4 Å². The van der Waals surface area contributed by atoms with Crippen LogP contribution < -0.4 is 10.6 Å². The second kappa shape index (κ2) is 10.6. The number of methoxy groups -OCH3 is 1. The van der Waals surface area contributed by atoms with Gasteiger partial charge in [-0.15, -0.1) is 0 Å². The number of carbonyl (C=O) groups is 2. The van der Waals surface area contributed by atoms with E-state index in [0.29, 0.717) is 11.8 Å². The van der Waals surface area contributed by atoms with Crippen molar-refractivity contribution >= 4 is 11.7 Å². The highest BCUT2D eigenvalue weighted by molar-refractivity contribution is 6.03. The Labute approximate surface area is 196 Å². The lowest BCUT2D eigenvalue weighted by Crippen LogP contribution is -2.43. The van der Waals surface area contributed by atoms with Gasteiger partial charge in [0.1, 0.15) is 6.61 Å².